The van der Waals surface area contributed by atoms with E-state index in [0.29, 0.717) is 35.1 Å². The average Bonchev–Trinajstić information content (AvgIpc) is 3.22. The van der Waals surface area contributed by atoms with Crippen LogP contribution in [0.2, 0.25) is 0 Å². The van der Waals surface area contributed by atoms with Crippen molar-refractivity contribution in [2.75, 3.05) is 7.11 Å². The number of nitrogens with one attached hydrogen (secondary N) is 1. The first-order valence-corrected chi connectivity index (χ1v) is 9.91. The molecule has 0 radical (unpaired) electrons. The highest BCUT2D eigenvalue weighted by Crippen LogP contribution is 2.38. The Kier molecular flexibility index (Phi) is 5.80. The fourth-order valence-corrected chi connectivity index (χ4v) is 3.25. The van der Waals surface area contributed by atoms with Gasteiger partial charge < -0.3 is 19.3 Å². The highest BCUT2D eigenvalue weighted by Gasteiger charge is 2.15. The monoisotopic (exact) mass is 416 g/mol. The second-order valence-corrected chi connectivity index (χ2v) is 7.28. The molecule has 0 bridgehead atoms. The lowest BCUT2D eigenvalue weighted by molar-refractivity contribution is 0.303. The highest BCUT2D eigenvalue weighted by molar-refractivity contribution is 5.73. The summed E-state index contributed by atoms with van der Waals surface area (Å²) in [5.41, 5.74) is 4.62. The molecule has 1 heterocycles. The van der Waals surface area contributed by atoms with E-state index in [-0.39, 0.29) is 5.75 Å². The fourth-order valence-electron chi connectivity index (χ4n) is 3.25. The number of aryl methyl sites for hydroxylation is 2. The number of rotatable bonds is 7. The first-order chi connectivity index (χ1) is 15.0. The first kappa shape index (κ1) is 20.3. The minimum absolute atomic E-state index is 0.0716. The molecule has 0 atom stereocenters. The molecule has 4 rings (SSSR count). The Bertz CT molecular complexity index is 1180. The Morgan fingerprint density at radius 3 is 2.39 bits per heavy atom. The van der Waals surface area contributed by atoms with Crippen molar-refractivity contribution < 1.29 is 19.3 Å². The largest absolute Gasteiger partial charge is 0.507 e. The molecule has 0 aliphatic carbocycles. The molecule has 0 amide bonds. The summed E-state index contributed by atoms with van der Waals surface area (Å²) in [6.07, 6.45) is 1.57. The standard InChI is InChI=1S/C25H24N2O4/c1-16-4-5-17(2)18(12-16)15-30-21-10-11-22(23(28)13-21)25-24(14-26-27-25)31-20-8-6-19(29-3)7-9-20/h4-14,28H,15H2,1-3H3,(H,26,27). The third-order valence-electron chi connectivity index (χ3n) is 5.03. The number of H-pyrrole nitrogens is 1. The molecule has 158 valence electrons. The molecule has 3 aromatic carbocycles. The predicted molar refractivity (Wildman–Crippen MR) is 119 cm³/mol. The van der Waals surface area contributed by atoms with Gasteiger partial charge in [-0.2, -0.15) is 5.10 Å². The van der Waals surface area contributed by atoms with Crippen LogP contribution < -0.4 is 14.2 Å². The molecule has 6 heteroatoms. The van der Waals surface area contributed by atoms with Gasteiger partial charge in [-0.3, -0.25) is 5.10 Å². The van der Waals surface area contributed by atoms with Crippen LogP contribution in [0, 0.1) is 13.8 Å². The Balaban J connectivity index is 1.51. The van der Waals surface area contributed by atoms with E-state index in [2.05, 4.69) is 42.2 Å². The maximum Gasteiger partial charge on any atom is 0.173 e. The van der Waals surface area contributed by atoms with Crippen LogP contribution in [0.4, 0.5) is 0 Å². The molecule has 31 heavy (non-hydrogen) atoms. The van der Waals surface area contributed by atoms with Gasteiger partial charge in [0.2, 0.25) is 0 Å². The van der Waals surface area contributed by atoms with Gasteiger partial charge in [-0.25, -0.2) is 0 Å². The number of aromatic amines is 1. The van der Waals surface area contributed by atoms with Crippen LogP contribution in [-0.2, 0) is 6.61 Å². The Morgan fingerprint density at radius 1 is 0.903 bits per heavy atom. The van der Waals surface area contributed by atoms with Gasteiger partial charge in [0.25, 0.3) is 0 Å². The maximum absolute atomic E-state index is 10.6. The zero-order valence-electron chi connectivity index (χ0n) is 17.7. The smallest absolute Gasteiger partial charge is 0.173 e. The van der Waals surface area contributed by atoms with E-state index < -0.39 is 0 Å². The van der Waals surface area contributed by atoms with Gasteiger partial charge in [-0.05, 0) is 61.4 Å². The minimum Gasteiger partial charge on any atom is -0.507 e. The molecule has 0 spiro atoms. The third kappa shape index (κ3) is 4.64. The van der Waals surface area contributed by atoms with Crippen LogP contribution in [0.25, 0.3) is 11.3 Å². The van der Waals surface area contributed by atoms with Gasteiger partial charge >= 0.3 is 0 Å². The Hall–Kier alpha value is -3.93. The number of methoxy groups -OCH3 is 1. The topological polar surface area (TPSA) is 76.6 Å². The second-order valence-electron chi connectivity index (χ2n) is 7.28. The minimum atomic E-state index is 0.0716. The normalized spacial score (nSPS) is 10.7. The molecule has 4 aromatic rings. The summed E-state index contributed by atoms with van der Waals surface area (Å²) in [6.45, 7) is 4.54. The number of aromatic hydroxyl groups is 1. The number of ether oxygens (including phenoxy) is 3. The molecule has 0 unspecified atom stereocenters. The maximum atomic E-state index is 10.6. The number of phenols is 1. The number of hydrogen-bond acceptors (Lipinski definition) is 5. The van der Waals surface area contributed by atoms with Gasteiger partial charge in [0.1, 0.15) is 35.3 Å². The van der Waals surface area contributed by atoms with Crippen LogP contribution in [0.5, 0.6) is 28.7 Å². The van der Waals surface area contributed by atoms with E-state index >= 15 is 0 Å². The summed E-state index contributed by atoms with van der Waals surface area (Å²) in [5.74, 6) is 2.54. The molecule has 1 aromatic heterocycles. The number of benzene rings is 3. The highest BCUT2D eigenvalue weighted by atomic mass is 16.5. The van der Waals surface area contributed by atoms with E-state index in [9.17, 15) is 5.11 Å². The first-order valence-electron chi connectivity index (χ1n) is 9.91. The molecule has 0 saturated heterocycles. The molecular weight excluding hydrogens is 392 g/mol. The summed E-state index contributed by atoms with van der Waals surface area (Å²) in [7, 11) is 1.61. The van der Waals surface area contributed by atoms with Crippen molar-refractivity contribution in [3.63, 3.8) is 0 Å². The summed E-state index contributed by atoms with van der Waals surface area (Å²) >= 11 is 0. The zero-order valence-corrected chi connectivity index (χ0v) is 17.7. The van der Waals surface area contributed by atoms with Gasteiger partial charge in [-0.15, -0.1) is 0 Å². The third-order valence-corrected chi connectivity index (χ3v) is 5.03. The zero-order chi connectivity index (χ0) is 21.8. The number of nitrogens with zero attached hydrogens (tertiary/aromatic N) is 1. The van der Waals surface area contributed by atoms with Crippen LogP contribution >= 0.6 is 0 Å². The average molecular weight is 416 g/mol. The fraction of sp³-hybridized carbons (Fsp3) is 0.160. The second kappa shape index (κ2) is 8.83. The SMILES string of the molecule is COc1ccc(Oc2cn[nH]c2-c2ccc(OCc3cc(C)ccc3C)cc2O)cc1. The number of hydrogen-bond donors (Lipinski definition) is 2. The van der Waals surface area contributed by atoms with Crippen molar-refractivity contribution in [3.05, 3.63) is 83.6 Å². The molecule has 0 aliphatic rings. The van der Waals surface area contributed by atoms with E-state index in [4.69, 9.17) is 14.2 Å². The molecule has 2 N–H and O–H groups in total. The summed E-state index contributed by atoms with van der Waals surface area (Å²) < 4.78 is 17.0. The summed E-state index contributed by atoms with van der Waals surface area (Å²) in [6, 6.07) is 18.7. The quantitative estimate of drug-likeness (QED) is 0.399. The molecule has 0 aliphatic heterocycles. The van der Waals surface area contributed by atoms with Crippen molar-refractivity contribution in [2.45, 2.75) is 20.5 Å². The van der Waals surface area contributed by atoms with Gasteiger partial charge in [0, 0.05) is 11.6 Å². The number of aromatic nitrogens is 2. The molecular formula is C25H24N2O4. The lowest BCUT2D eigenvalue weighted by Crippen LogP contribution is -1.98. The van der Waals surface area contributed by atoms with Crippen molar-refractivity contribution in [3.8, 4) is 40.0 Å². The summed E-state index contributed by atoms with van der Waals surface area (Å²) in [4.78, 5) is 0. The lowest BCUT2D eigenvalue weighted by atomic mass is 10.1. The van der Waals surface area contributed by atoms with Gasteiger partial charge in [0.05, 0.1) is 13.3 Å². The van der Waals surface area contributed by atoms with Crippen molar-refractivity contribution in [1.29, 1.82) is 0 Å². The predicted octanol–water partition coefficient (Wildman–Crippen LogP) is 5.78. The van der Waals surface area contributed by atoms with Crippen molar-refractivity contribution >= 4 is 0 Å². The van der Waals surface area contributed by atoms with Crippen LogP contribution in [0.1, 0.15) is 16.7 Å². The van der Waals surface area contributed by atoms with E-state index in [1.54, 1.807) is 37.6 Å². The molecule has 0 fully saturated rings. The number of phenolic OH excluding ortho intramolecular Hbond substituents is 1. The summed E-state index contributed by atoms with van der Waals surface area (Å²) in [5, 5.41) is 17.6. The van der Waals surface area contributed by atoms with E-state index in [0.717, 1.165) is 11.3 Å². The Morgan fingerprint density at radius 2 is 1.65 bits per heavy atom. The van der Waals surface area contributed by atoms with Crippen LogP contribution in [0.3, 0.4) is 0 Å². The van der Waals surface area contributed by atoms with Crippen LogP contribution in [-0.4, -0.2) is 22.4 Å². The van der Waals surface area contributed by atoms with Crippen molar-refractivity contribution in [2.24, 2.45) is 0 Å². The Labute approximate surface area is 181 Å². The van der Waals surface area contributed by atoms with E-state index in [1.807, 2.05) is 18.2 Å². The molecule has 6 nitrogen and oxygen atoms in total. The van der Waals surface area contributed by atoms with Crippen LogP contribution in [0.15, 0.2) is 66.9 Å². The van der Waals surface area contributed by atoms with Gasteiger partial charge in [-0.1, -0.05) is 23.8 Å². The van der Waals surface area contributed by atoms with Crippen molar-refractivity contribution in [1.82, 2.24) is 10.2 Å². The lowest BCUT2D eigenvalue weighted by Gasteiger charge is -2.12. The van der Waals surface area contributed by atoms with Gasteiger partial charge in [0.15, 0.2) is 5.75 Å². The molecule has 0 saturated carbocycles. The van der Waals surface area contributed by atoms with E-state index in [1.165, 1.54) is 11.1 Å².